The topological polar surface area (TPSA) is 81.1 Å². The highest BCUT2D eigenvalue weighted by Crippen LogP contribution is 2.32. The van der Waals surface area contributed by atoms with E-state index in [-0.39, 0.29) is 0 Å². The smallest absolute Gasteiger partial charge is 0.180 e. The van der Waals surface area contributed by atoms with Gasteiger partial charge in [0.2, 0.25) is 0 Å². The quantitative estimate of drug-likeness (QED) is 0.418. The van der Waals surface area contributed by atoms with Gasteiger partial charge in [0.05, 0.1) is 11.6 Å². The van der Waals surface area contributed by atoms with Crippen LogP contribution in [0.2, 0.25) is 0 Å². The number of aryl methyl sites for hydroxylation is 4. The number of hydrogen-bond donors (Lipinski definition) is 1. The fourth-order valence-electron chi connectivity index (χ4n) is 3.16. The van der Waals surface area contributed by atoms with Crippen LogP contribution in [0.5, 0.6) is 0 Å². The van der Waals surface area contributed by atoms with Gasteiger partial charge in [0.15, 0.2) is 11.6 Å². The van der Waals surface area contributed by atoms with Gasteiger partial charge in [-0.2, -0.15) is 5.10 Å². The Morgan fingerprint density at radius 3 is 2.70 bits per heavy atom. The van der Waals surface area contributed by atoms with Gasteiger partial charge in [-0.25, -0.2) is 9.97 Å². The molecule has 4 rings (SSSR count). The summed E-state index contributed by atoms with van der Waals surface area (Å²) >= 11 is 1.67. The summed E-state index contributed by atoms with van der Waals surface area (Å²) in [7, 11) is 0. The molecule has 0 atom stereocenters. The SMILES string of the molecule is Cc1cc(-n2c(C)cc(/C=N\Nc3ncnc4sc(C)c(C)c34)c2C)no1. The maximum Gasteiger partial charge on any atom is 0.180 e. The predicted octanol–water partition coefficient (Wildman–Crippen LogP) is 4.46. The van der Waals surface area contributed by atoms with Crippen LogP contribution in [-0.4, -0.2) is 25.9 Å². The predicted molar refractivity (Wildman–Crippen MR) is 108 cm³/mol. The molecule has 27 heavy (non-hydrogen) atoms. The fraction of sp³-hybridized carbons (Fsp3) is 0.263. The minimum atomic E-state index is 0.721. The Hall–Kier alpha value is -3.00. The average molecular weight is 380 g/mol. The molecule has 8 heteroatoms. The van der Waals surface area contributed by atoms with Crippen molar-refractivity contribution in [3.05, 3.63) is 51.6 Å². The third-order valence-electron chi connectivity index (χ3n) is 4.65. The van der Waals surface area contributed by atoms with E-state index in [1.807, 2.05) is 31.4 Å². The van der Waals surface area contributed by atoms with Crippen LogP contribution in [0, 0.1) is 34.6 Å². The second-order valence-electron chi connectivity index (χ2n) is 6.51. The Morgan fingerprint density at radius 1 is 1.15 bits per heavy atom. The number of aromatic nitrogens is 4. The number of hydrogen-bond acceptors (Lipinski definition) is 7. The van der Waals surface area contributed by atoms with Gasteiger partial charge in [-0.3, -0.25) is 9.99 Å². The first kappa shape index (κ1) is 17.4. The van der Waals surface area contributed by atoms with E-state index < -0.39 is 0 Å². The summed E-state index contributed by atoms with van der Waals surface area (Å²) in [5, 5.41) is 9.54. The number of anilines is 1. The molecule has 0 unspecified atom stereocenters. The Kier molecular flexibility index (Phi) is 4.27. The summed E-state index contributed by atoms with van der Waals surface area (Å²) in [4.78, 5) is 10.9. The molecule has 0 radical (unpaired) electrons. The Balaban J connectivity index is 1.63. The van der Waals surface area contributed by atoms with Gasteiger partial charge in [0.25, 0.3) is 0 Å². The minimum Gasteiger partial charge on any atom is -0.360 e. The van der Waals surface area contributed by atoms with Gasteiger partial charge < -0.3 is 4.52 Å². The van der Waals surface area contributed by atoms with Crippen LogP contribution in [0.3, 0.4) is 0 Å². The van der Waals surface area contributed by atoms with Crippen molar-refractivity contribution in [3.63, 3.8) is 0 Å². The van der Waals surface area contributed by atoms with Crippen LogP contribution in [0.1, 0.15) is 33.2 Å². The van der Waals surface area contributed by atoms with E-state index >= 15 is 0 Å². The first-order valence-corrected chi connectivity index (χ1v) is 9.39. The standard InChI is InChI=1S/C19H20N6OS/c1-10-6-15(13(4)25(10)16-7-11(2)26-24-16)8-22-23-18-17-12(3)14(5)27-19(17)21-9-20-18/h6-9H,1-5H3,(H,20,21,23)/b22-8-. The zero-order chi connectivity index (χ0) is 19.1. The molecule has 0 amide bonds. The summed E-state index contributed by atoms with van der Waals surface area (Å²) in [5.41, 5.74) is 7.37. The van der Waals surface area contributed by atoms with Gasteiger partial charge in [-0.15, -0.1) is 11.3 Å². The molecule has 4 aromatic rings. The van der Waals surface area contributed by atoms with Crippen LogP contribution in [-0.2, 0) is 0 Å². The Bertz CT molecular complexity index is 1170. The Labute approximate surface area is 160 Å². The summed E-state index contributed by atoms with van der Waals surface area (Å²) in [6, 6.07) is 3.98. The summed E-state index contributed by atoms with van der Waals surface area (Å²) in [6.07, 6.45) is 3.36. The lowest BCUT2D eigenvalue weighted by Gasteiger charge is -2.04. The molecule has 7 nitrogen and oxygen atoms in total. The van der Waals surface area contributed by atoms with E-state index in [2.05, 4.69) is 45.6 Å². The fourth-order valence-corrected chi connectivity index (χ4v) is 4.16. The first-order chi connectivity index (χ1) is 13.0. The molecule has 138 valence electrons. The highest BCUT2D eigenvalue weighted by molar-refractivity contribution is 7.18. The zero-order valence-corrected chi connectivity index (χ0v) is 16.7. The van der Waals surface area contributed by atoms with Crippen molar-refractivity contribution >= 4 is 33.6 Å². The van der Waals surface area contributed by atoms with Gasteiger partial charge in [0.1, 0.15) is 16.9 Å². The number of nitrogens with zero attached hydrogens (tertiary/aromatic N) is 5. The normalized spacial score (nSPS) is 11.7. The van der Waals surface area contributed by atoms with Crippen molar-refractivity contribution in [2.75, 3.05) is 5.43 Å². The number of fused-ring (bicyclic) bond motifs is 1. The number of hydrazone groups is 1. The van der Waals surface area contributed by atoms with Crippen molar-refractivity contribution in [1.82, 2.24) is 19.7 Å². The first-order valence-electron chi connectivity index (χ1n) is 8.58. The number of nitrogens with one attached hydrogen (secondary N) is 1. The van der Waals surface area contributed by atoms with Crippen LogP contribution in [0.25, 0.3) is 16.0 Å². The van der Waals surface area contributed by atoms with E-state index in [0.717, 1.165) is 44.6 Å². The van der Waals surface area contributed by atoms with Crippen LogP contribution in [0.4, 0.5) is 5.82 Å². The lowest BCUT2D eigenvalue weighted by molar-refractivity contribution is 0.394. The van der Waals surface area contributed by atoms with Crippen molar-refractivity contribution in [3.8, 4) is 5.82 Å². The van der Waals surface area contributed by atoms with Crippen molar-refractivity contribution in [1.29, 1.82) is 0 Å². The van der Waals surface area contributed by atoms with Gasteiger partial charge in [-0.1, -0.05) is 5.16 Å². The van der Waals surface area contributed by atoms with Crippen LogP contribution in [0.15, 0.2) is 28.1 Å². The molecule has 1 N–H and O–H groups in total. The average Bonchev–Trinajstić information content (AvgIpc) is 3.26. The van der Waals surface area contributed by atoms with E-state index in [1.54, 1.807) is 23.9 Å². The minimum absolute atomic E-state index is 0.721. The van der Waals surface area contributed by atoms with Crippen molar-refractivity contribution < 1.29 is 4.52 Å². The molecule has 4 aromatic heterocycles. The molecular formula is C19H20N6OS. The molecule has 0 aliphatic heterocycles. The molecule has 0 aliphatic rings. The van der Waals surface area contributed by atoms with E-state index in [1.165, 1.54) is 10.4 Å². The lowest BCUT2D eigenvalue weighted by atomic mass is 10.2. The summed E-state index contributed by atoms with van der Waals surface area (Å²) in [5.74, 6) is 2.28. The molecule has 0 saturated carbocycles. The highest BCUT2D eigenvalue weighted by atomic mass is 32.1. The van der Waals surface area contributed by atoms with Crippen LogP contribution >= 0.6 is 11.3 Å². The highest BCUT2D eigenvalue weighted by Gasteiger charge is 2.13. The zero-order valence-electron chi connectivity index (χ0n) is 15.9. The summed E-state index contributed by atoms with van der Waals surface area (Å²) < 4.78 is 7.25. The Morgan fingerprint density at radius 2 is 1.96 bits per heavy atom. The number of rotatable bonds is 4. The molecule has 0 aliphatic carbocycles. The van der Waals surface area contributed by atoms with E-state index in [0.29, 0.717) is 0 Å². The van der Waals surface area contributed by atoms with Crippen molar-refractivity contribution in [2.24, 2.45) is 5.10 Å². The maximum atomic E-state index is 5.20. The lowest BCUT2D eigenvalue weighted by Crippen LogP contribution is -2.00. The molecule has 0 fully saturated rings. The second kappa shape index (κ2) is 6.62. The molecule has 0 spiro atoms. The van der Waals surface area contributed by atoms with E-state index in [9.17, 15) is 0 Å². The molecule has 0 aromatic carbocycles. The van der Waals surface area contributed by atoms with Crippen LogP contribution < -0.4 is 5.43 Å². The molecule has 4 heterocycles. The van der Waals surface area contributed by atoms with E-state index in [4.69, 9.17) is 4.52 Å². The molecule has 0 saturated heterocycles. The molecular weight excluding hydrogens is 360 g/mol. The van der Waals surface area contributed by atoms with Crippen molar-refractivity contribution in [2.45, 2.75) is 34.6 Å². The monoisotopic (exact) mass is 380 g/mol. The van der Waals surface area contributed by atoms with Gasteiger partial charge >= 0.3 is 0 Å². The van der Waals surface area contributed by atoms with Gasteiger partial charge in [0, 0.05) is 27.9 Å². The van der Waals surface area contributed by atoms with Gasteiger partial charge in [-0.05, 0) is 46.2 Å². The summed E-state index contributed by atoms with van der Waals surface area (Å²) in [6.45, 7) is 10.1. The maximum absolute atomic E-state index is 5.20. The second-order valence-corrected chi connectivity index (χ2v) is 7.72. The number of thiophene rings is 1. The third kappa shape index (κ3) is 3.02. The largest absolute Gasteiger partial charge is 0.360 e. The molecule has 0 bridgehead atoms. The third-order valence-corrected chi connectivity index (χ3v) is 5.77.